The lowest BCUT2D eigenvalue weighted by Gasteiger charge is -2.36. The van der Waals surface area contributed by atoms with Crippen molar-refractivity contribution in [2.45, 2.75) is 25.9 Å². The molecule has 0 saturated heterocycles. The number of aryl methyl sites for hydroxylation is 1. The minimum absolute atomic E-state index is 0.345. The molecule has 3 aromatic rings. The number of fused-ring (bicyclic) bond motifs is 2. The first-order chi connectivity index (χ1) is 11.1. The molecule has 1 aliphatic heterocycles. The summed E-state index contributed by atoms with van der Waals surface area (Å²) in [5.74, 6) is 0.951. The number of primary amides is 1. The zero-order valence-electron chi connectivity index (χ0n) is 12.7. The Morgan fingerprint density at radius 1 is 1.30 bits per heavy atom. The highest BCUT2D eigenvalue weighted by Crippen LogP contribution is 2.28. The molecule has 1 atom stereocenters. The van der Waals surface area contributed by atoms with Crippen molar-refractivity contribution in [2.24, 2.45) is 5.73 Å². The zero-order chi connectivity index (χ0) is 16.0. The Morgan fingerprint density at radius 2 is 2.09 bits per heavy atom. The number of hydrogen-bond donors (Lipinski definition) is 1. The maximum Gasteiger partial charge on any atom is 0.254 e. The van der Waals surface area contributed by atoms with Crippen molar-refractivity contribution in [3.63, 3.8) is 0 Å². The van der Waals surface area contributed by atoms with Gasteiger partial charge in [-0.1, -0.05) is 24.3 Å². The third-order valence-corrected chi connectivity index (χ3v) is 4.23. The van der Waals surface area contributed by atoms with Crippen LogP contribution in [0.2, 0.25) is 0 Å². The molecule has 23 heavy (non-hydrogen) atoms. The summed E-state index contributed by atoms with van der Waals surface area (Å²) < 4.78 is 1.65. The van der Waals surface area contributed by atoms with Crippen molar-refractivity contribution in [1.82, 2.24) is 19.6 Å². The van der Waals surface area contributed by atoms with E-state index in [0.29, 0.717) is 18.7 Å². The lowest BCUT2D eigenvalue weighted by molar-refractivity contribution is -0.119. The van der Waals surface area contributed by atoms with E-state index in [4.69, 9.17) is 5.73 Å². The summed E-state index contributed by atoms with van der Waals surface area (Å²) in [5.41, 5.74) is 8.84. The minimum Gasteiger partial charge on any atom is -0.368 e. The Labute approximate surface area is 132 Å². The average molecular weight is 308 g/mol. The highest BCUT2D eigenvalue weighted by molar-refractivity contribution is 5.84. The maximum absolute atomic E-state index is 12.0. The molecule has 1 aromatic carbocycles. The minimum atomic E-state index is -0.418. The third-order valence-electron chi connectivity index (χ3n) is 4.23. The molecule has 0 aliphatic carbocycles. The van der Waals surface area contributed by atoms with Crippen LogP contribution in [0, 0.1) is 6.92 Å². The van der Waals surface area contributed by atoms with E-state index in [-0.39, 0.29) is 5.91 Å². The number of carbonyl (C=O) groups is 1. The lowest BCUT2D eigenvalue weighted by Crippen LogP contribution is -2.49. The molecule has 0 radical (unpaired) electrons. The third kappa shape index (κ3) is 2.21. The first kappa shape index (κ1) is 13.7. The summed E-state index contributed by atoms with van der Waals surface area (Å²) in [6.45, 7) is 2.50. The molecule has 2 N–H and O–H groups in total. The van der Waals surface area contributed by atoms with E-state index in [0.717, 1.165) is 17.1 Å². The van der Waals surface area contributed by atoms with Crippen molar-refractivity contribution < 1.29 is 4.79 Å². The number of hydrogen-bond acceptors (Lipinski definition) is 5. The summed E-state index contributed by atoms with van der Waals surface area (Å²) in [4.78, 5) is 22.5. The van der Waals surface area contributed by atoms with Crippen molar-refractivity contribution in [1.29, 1.82) is 0 Å². The second-order valence-electron chi connectivity index (χ2n) is 5.75. The lowest BCUT2D eigenvalue weighted by atomic mass is 9.93. The fourth-order valence-electron chi connectivity index (χ4n) is 3.13. The van der Waals surface area contributed by atoms with Crippen molar-refractivity contribution in [3.05, 3.63) is 53.5 Å². The van der Waals surface area contributed by atoms with Crippen LogP contribution in [0.3, 0.4) is 0 Å². The normalized spacial score (nSPS) is 17.3. The van der Waals surface area contributed by atoms with Crippen LogP contribution in [-0.4, -0.2) is 31.5 Å². The van der Waals surface area contributed by atoms with Crippen molar-refractivity contribution in [3.8, 4) is 0 Å². The molecule has 3 heterocycles. The molecule has 0 saturated carbocycles. The average Bonchev–Trinajstić information content (AvgIpc) is 3.01. The van der Waals surface area contributed by atoms with Gasteiger partial charge in [-0.2, -0.15) is 14.6 Å². The topological polar surface area (TPSA) is 89.4 Å². The highest BCUT2D eigenvalue weighted by atomic mass is 16.1. The first-order valence-corrected chi connectivity index (χ1v) is 7.43. The molecule has 7 nitrogen and oxygen atoms in total. The van der Waals surface area contributed by atoms with Gasteiger partial charge < -0.3 is 10.6 Å². The molecular formula is C16H16N6O. The van der Waals surface area contributed by atoms with E-state index < -0.39 is 6.04 Å². The van der Waals surface area contributed by atoms with E-state index in [2.05, 4.69) is 21.1 Å². The number of amides is 1. The van der Waals surface area contributed by atoms with Gasteiger partial charge in [0.05, 0.1) is 0 Å². The monoisotopic (exact) mass is 308 g/mol. The van der Waals surface area contributed by atoms with Crippen LogP contribution < -0.4 is 10.6 Å². The van der Waals surface area contributed by atoms with Crippen molar-refractivity contribution in [2.75, 3.05) is 4.90 Å². The predicted molar refractivity (Wildman–Crippen MR) is 84.8 cm³/mol. The standard InChI is InChI=1S/C16H16N6O/c1-10-6-14(22-16(20-10)18-9-19-22)21-8-12-5-3-2-4-11(12)7-13(21)15(17)23/h2-6,9,13H,7-8H2,1H3,(H2,17,23)/t13-/m1/s1. The Hall–Kier alpha value is -2.96. The fraction of sp³-hybridized carbons (Fsp3) is 0.250. The van der Waals surface area contributed by atoms with Gasteiger partial charge in [-0.25, -0.2) is 4.98 Å². The zero-order valence-corrected chi connectivity index (χ0v) is 12.7. The first-order valence-electron chi connectivity index (χ1n) is 7.43. The summed E-state index contributed by atoms with van der Waals surface area (Å²) in [6.07, 6.45) is 2.05. The fourth-order valence-corrected chi connectivity index (χ4v) is 3.13. The molecule has 2 aromatic heterocycles. The van der Waals surface area contributed by atoms with Crippen LogP contribution >= 0.6 is 0 Å². The Kier molecular flexibility index (Phi) is 3.00. The highest BCUT2D eigenvalue weighted by Gasteiger charge is 2.32. The van der Waals surface area contributed by atoms with E-state index in [1.54, 1.807) is 4.52 Å². The molecule has 1 aliphatic rings. The van der Waals surface area contributed by atoms with E-state index in [9.17, 15) is 4.79 Å². The quantitative estimate of drug-likeness (QED) is 0.758. The van der Waals surface area contributed by atoms with Crippen molar-refractivity contribution >= 4 is 17.5 Å². The number of nitrogens with two attached hydrogens (primary N) is 1. The molecule has 1 amide bonds. The molecule has 0 fully saturated rings. The second-order valence-corrected chi connectivity index (χ2v) is 5.75. The van der Waals surface area contributed by atoms with Crippen LogP contribution in [0.4, 0.5) is 5.82 Å². The van der Waals surface area contributed by atoms with Gasteiger partial charge in [0, 0.05) is 24.7 Å². The summed E-state index contributed by atoms with van der Waals surface area (Å²) in [5, 5.41) is 4.23. The summed E-state index contributed by atoms with van der Waals surface area (Å²) in [6, 6.07) is 9.60. The maximum atomic E-state index is 12.0. The smallest absolute Gasteiger partial charge is 0.254 e. The number of anilines is 1. The van der Waals surface area contributed by atoms with Gasteiger partial charge in [0.25, 0.3) is 5.78 Å². The van der Waals surface area contributed by atoms with Crippen LogP contribution in [0.5, 0.6) is 0 Å². The van der Waals surface area contributed by atoms with Gasteiger partial charge in [-0.05, 0) is 18.1 Å². The van der Waals surface area contributed by atoms with E-state index in [1.165, 1.54) is 11.9 Å². The second kappa shape index (κ2) is 5.05. The molecule has 0 spiro atoms. The van der Waals surface area contributed by atoms with Gasteiger partial charge in [-0.3, -0.25) is 4.79 Å². The Balaban J connectivity index is 1.88. The molecule has 7 heteroatoms. The van der Waals surface area contributed by atoms with Gasteiger partial charge >= 0.3 is 0 Å². The Morgan fingerprint density at radius 3 is 2.87 bits per heavy atom. The van der Waals surface area contributed by atoms with E-state index in [1.807, 2.05) is 36.1 Å². The summed E-state index contributed by atoms with van der Waals surface area (Å²) >= 11 is 0. The van der Waals surface area contributed by atoms with Gasteiger partial charge in [0.1, 0.15) is 18.2 Å². The SMILES string of the molecule is Cc1cc(N2Cc3ccccc3C[C@@H]2C(N)=O)n2ncnc2n1. The molecule has 4 rings (SSSR count). The molecular weight excluding hydrogens is 292 g/mol. The molecule has 116 valence electrons. The Bertz CT molecular complexity index is 902. The number of rotatable bonds is 2. The number of aromatic nitrogens is 4. The number of benzene rings is 1. The largest absolute Gasteiger partial charge is 0.368 e. The summed E-state index contributed by atoms with van der Waals surface area (Å²) in [7, 11) is 0. The van der Waals surface area contributed by atoms with Gasteiger partial charge in [0.15, 0.2) is 0 Å². The van der Waals surface area contributed by atoms with Crippen LogP contribution in [-0.2, 0) is 17.8 Å². The van der Waals surface area contributed by atoms with Crippen LogP contribution in [0.25, 0.3) is 5.78 Å². The molecule has 0 bridgehead atoms. The predicted octanol–water partition coefficient (Wildman–Crippen LogP) is 0.849. The van der Waals surface area contributed by atoms with Crippen LogP contribution in [0.15, 0.2) is 36.7 Å². The molecule has 0 unspecified atom stereocenters. The number of nitrogens with zero attached hydrogens (tertiary/aromatic N) is 5. The van der Waals surface area contributed by atoms with Gasteiger partial charge in [-0.15, -0.1) is 0 Å². The van der Waals surface area contributed by atoms with E-state index >= 15 is 0 Å². The van der Waals surface area contributed by atoms with Gasteiger partial charge in [0.2, 0.25) is 5.91 Å². The number of carbonyl (C=O) groups excluding carboxylic acids is 1. The van der Waals surface area contributed by atoms with Crippen LogP contribution in [0.1, 0.15) is 16.8 Å².